The van der Waals surface area contributed by atoms with E-state index in [0.29, 0.717) is 0 Å². The normalized spacial score (nSPS) is 17.4. The topological polar surface area (TPSA) is 20.2 Å². The summed E-state index contributed by atoms with van der Waals surface area (Å²) in [6, 6.07) is 0. The molecule has 0 aromatic carbocycles. The largest absolute Gasteiger partial charge is 0.393 e. The first-order chi connectivity index (χ1) is 3.72. The molecule has 8 heavy (non-hydrogen) atoms. The van der Waals surface area contributed by atoms with Crippen LogP contribution in [0.5, 0.6) is 0 Å². The van der Waals surface area contributed by atoms with Crippen molar-refractivity contribution in [1.29, 1.82) is 0 Å². The monoisotopic (exact) mass is 114 g/mol. The molecule has 0 radical (unpaired) electrons. The van der Waals surface area contributed by atoms with Gasteiger partial charge in [0.2, 0.25) is 0 Å². The first-order valence-electron chi connectivity index (χ1n) is 3.03. The van der Waals surface area contributed by atoms with Gasteiger partial charge in [0.15, 0.2) is 0 Å². The van der Waals surface area contributed by atoms with Crippen LogP contribution in [0.15, 0.2) is 12.7 Å². The Hall–Kier alpha value is -0.300. The van der Waals surface area contributed by atoms with Crippen molar-refractivity contribution < 1.29 is 5.11 Å². The Labute approximate surface area is 51.0 Å². The Morgan fingerprint density at radius 1 is 1.75 bits per heavy atom. The smallest absolute Gasteiger partial charge is 0.0574 e. The first-order valence-corrected chi connectivity index (χ1v) is 3.03. The van der Waals surface area contributed by atoms with E-state index >= 15 is 0 Å². The molecule has 0 aliphatic heterocycles. The standard InChI is InChI=1S/C7H14O/c1-4-7(5-2)6(3)8/h4,6-8H,1,5H2,2-3H3/t6-,7+/m1/s1. The fraction of sp³-hybridized carbons (Fsp3) is 0.714. The summed E-state index contributed by atoms with van der Waals surface area (Å²) in [5, 5.41) is 8.94. The van der Waals surface area contributed by atoms with Gasteiger partial charge < -0.3 is 5.11 Å². The van der Waals surface area contributed by atoms with Crippen molar-refractivity contribution in [2.75, 3.05) is 0 Å². The number of rotatable bonds is 3. The molecule has 0 spiro atoms. The molecule has 0 aliphatic rings. The molecule has 1 N–H and O–H groups in total. The molecule has 48 valence electrons. The second-order valence-electron chi connectivity index (χ2n) is 2.05. The molecule has 0 aromatic heterocycles. The van der Waals surface area contributed by atoms with Gasteiger partial charge in [0.1, 0.15) is 0 Å². The molecule has 0 bridgehead atoms. The molecule has 0 heterocycles. The molecule has 1 nitrogen and oxygen atoms in total. The van der Waals surface area contributed by atoms with Crippen LogP contribution < -0.4 is 0 Å². The maximum Gasteiger partial charge on any atom is 0.0574 e. The van der Waals surface area contributed by atoms with Crippen LogP contribution in [0, 0.1) is 5.92 Å². The average molecular weight is 114 g/mol. The maximum absolute atomic E-state index is 8.94. The third-order valence-corrected chi connectivity index (χ3v) is 1.39. The quantitative estimate of drug-likeness (QED) is 0.552. The summed E-state index contributed by atoms with van der Waals surface area (Å²) >= 11 is 0. The molecule has 0 amide bonds. The van der Waals surface area contributed by atoms with Crippen molar-refractivity contribution in [3.8, 4) is 0 Å². The zero-order valence-electron chi connectivity index (χ0n) is 5.59. The summed E-state index contributed by atoms with van der Waals surface area (Å²) in [4.78, 5) is 0. The van der Waals surface area contributed by atoms with Gasteiger partial charge in [-0.3, -0.25) is 0 Å². The van der Waals surface area contributed by atoms with Gasteiger partial charge in [-0.25, -0.2) is 0 Å². The van der Waals surface area contributed by atoms with E-state index < -0.39 is 0 Å². The van der Waals surface area contributed by atoms with Crippen molar-refractivity contribution in [2.45, 2.75) is 26.4 Å². The third kappa shape index (κ3) is 2.12. The minimum Gasteiger partial charge on any atom is -0.393 e. The predicted molar refractivity (Wildman–Crippen MR) is 35.7 cm³/mol. The molecular weight excluding hydrogens is 100 g/mol. The van der Waals surface area contributed by atoms with Gasteiger partial charge in [0.05, 0.1) is 6.10 Å². The Morgan fingerprint density at radius 3 is 2.25 bits per heavy atom. The lowest BCUT2D eigenvalue weighted by atomic mass is 10.0. The fourth-order valence-corrected chi connectivity index (χ4v) is 0.705. The number of hydrogen-bond acceptors (Lipinski definition) is 1. The lowest BCUT2D eigenvalue weighted by molar-refractivity contribution is 0.147. The van der Waals surface area contributed by atoms with Crippen molar-refractivity contribution in [2.24, 2.45) is 5.92 Å². The van der Waals surface area contributed by atoms with E-state index in [1.165, 1.54) is 0 Å². The van der Waals surface area contributed by atoms with Crippen LogP contribution in [-0.4, -0.2) is 11.2 Å². The van der Waals surface area contributed by atoms with Gasteiger partial charge in [0, 0.05) is 5.92 Å². The van der Waals surface area contributed by atoms with Crippen LogP contribution in [0.2, 0.25) is 0 Å². The highest BCUT2D eigenvalue weighted by atomic mass is 16.3. The summed E-state index contributed by atoms with van der Waals surface area (Å²) in [6.45, 7) is 7.42. The van der Waals surface area contributed by atoms with Crippen LogP contribution in [0.4, 0.5) is 0 Å². The summed E-state index contributed by atoms with van der Waals surface area (Å²) < 4.78 is 0. The van der Waals surface area contributed by atoms with Gasteiger partial charge in [-0.05, 0) is 13.3 Å². The van der Waals surface area contributed by atoms with Crippen LogP contribution in [0.3, 0.4) is 0 Å². The lowest BCUT2D eigenvalue weighted by Gasteiger charge is -2.11. The Morgan fingerprint density at radius 2 is 2.25 bits per heavy atom. The Bertz CT molecular complexity index is 66.8. The second-order valence-corrected chi connectivity index (χ2v) is 2.05. The maximum atomic E-state index is 8.94. The van der Waals surface area contributed by atoms with Gasteiger partial charge >= 0.3 is 0 Å². The zero-order chi connectivity index (χ0) is 6.57. The van der Waals surface area contributed by atoms with Gasteiger partial charge in [0.25, 0.3) is 0 Å². The summed E-state index contributed by atoms with van der Waals surface area (Å²) in [7, 11) is 0. The molecule has 0 unspecified atom stereocenters. The van der Waals surface area contributed by atoms with Crippen LogP contribution in [0.1, 0.15) is 20.3 Å². The summed E-state index contributed by atoms with van der Waals surface area (Å²) in [6.07, 6.45) is 2.53. The lowest BCUT2D eigenvalue weighted by Crippen LogP contribution is -2.12. The predicted octanol–water partition coefficient (Wildman–Crippen LogP) is 1.58. The van der Waals surface area contributed by atoms with Crippen LogP contribution in [-0.2, 0) is 0 Å². The second kappa shape index (κ2) is 3.67. The molecular formula is C7H14O. The third-order valence-electron chi connectivity index (χ3n) is 1.39. The van der Waals surface area contributed by atoms with Crippen molar-refractivity contribution in [3.63, 3.8) is 0 Å². The zero-order valence-corrected chi connectivity index (χ0v) is 5.59. The highest BCUT2D eigenvalue weighted by Crippen LogP contribution is 2.07. The van der Waals surface area contributed by atoms with Crippen molar-refractivity contribution in [3.05, 3.63) is 12.7 Å². The Kier molecular flexibility index (Phi) is 3.53. The van der Waals surface area contributed by atoms with Gasteiger partial charge in [-0.1, -0.05) is 13.0 Å². The van der Waals surface area contributed by atoms with Crippen molar-refractivity contribution >= 4 is 0 Å². The van der Waals surface area contributed by atoms with Gasteiger partial charge in [-0.15, -0.1) is 6.58 Å². The summed E-state index contributed by atoms with van der Waals surface area (Å²) in [5.41, 5.74) is 0. The minimum absolute atomic E-state index is 0.238. The number of aliphatic hydroxyl groups excluding tert-OH is 1. The van der Waals surface area contributed by atoms with Crippen LogP contribution >= 0.6 is 0 Å². The molecule has 2 atom stereocenters. The fourth-order valence-electron chi connectivity index (χ4n) is 0.705. The molecule has 0 fully saturated rings. The van der Waals surface area contributed by atoms with Crippen molar-refractivity contribution in [1.82, 2.24) is 0 Å². The molecule has 0 saturated carbocycles. The molecule has 0 aliphatic carbocycles. The SMILES string of the molecule is C=C[C@@H](CC)[C@@H](C)O. The van der Waals surface area contributed by atoms with E-state index in [4.69, 9.17) is 5.11 Å². The average Bonchev–Trinajstić information content (AvgIpc) is 1.69. The summed E-state index contributed by atoms with van der Waals surface area (Å²) in [5.74, 6) is 0.273. The van der Waals surface area contributed by atoms with E-state index in [-0.39, 0.29) is 12.0 Å². The van der Waals surface area contributed by atoms with E-state index in [9.17, 15) is 0 Å². The minimum atomic E-state index is -0.238. The number of hydrogen-bond donors (Lipinski definition) is 1. The molecule has 0 saturated heterocycles. The van der Waals surface area contributed by atoms with Crippen LogP contribution in [0.25, 0.3) is 0 Å². The van der Waals surface area contributed by atoms with E-state index in [0.717, 1.165) is 6.42 Å². The Balaban J connectivity index is 3.51. The molecule has 1 heteroatoms. The molecule has 0 rings (SSSR count). The first kappa shape index (κ1) is 7.70. The highest BCUT2D eigenvalue weighted by molar-refractivity contribution is 4.81. The van der Waals surface area contributed by atoms with E-state index in [1.807, 2.05) is 6.92 Å². The highest BCUT2D eigenvalue weighted by Gasteiger charge is 2.05. The number of aliphatic hydroxyl groups is 1. The van der Waals surface area contributed by atoms with Gasteiger partial charge in [-0.2, -0.15) is 0 Å². The van der Waals surface area contributed by atoms with E-state index in [1.54, 1.807) is 13.0 Å². The van der Waals surface area contributed by atoms with E-state index in [2.05, 4.69) is 6.58 Å². The molecule has 0 aromatic rings.